The highest BCUT2D eigenvalue weighted by Gasteiger charge is 2.33. The zero-order chi connectivity index (χ0) is 10.8. The lowest BCUT2D eigenvalue weighted by Crippen LogP contribution is -2.20. The zero-order valence-corrected chi connectivity index (χ0v) is 8.97. The van der Waals surface area contributed by atoms with Crippen LogP contribution in [0.15, 0.2) is 12.2 Å². The molecule has 0 aromatic carbocycles. The van der Waals surface area contributed by atoms with E-state index in [1.165, 1.54) is 7.11 Å². The zero-order valence-electron chi connectivity index (χ0n) is 8.15. The van der Waals surface area contributed by atoms with E-state index in [1.54, 1.807) is 0 Å². The fourth-order valence-corrected chi connectivity index (χ4v) is 3.59. The van der Waals surface area contributed by atoms with Crippen LogP contribution in [0.1, 0.15) is 19.3 Å². The molecule has 0 bridgehead atoms. The van der Waals surface area contributed by atoms with Gasteiger partial charge in [0.05, 0.1) is 24.5 Å². The lowest BCUT2D eigenvalue weighted by Gasteiger charge is -2.11. The number of carbonyl (C=O) groups is 1. The number of esters is 1. The summed E-state index contributed by atoms with van der Waals surface area (Å²) < 4.78 is 27.4. The van der Waals surface area contributed by atoms with E-state index in [-0.39, 0.29) is 12.2 Å². The van der Waals surface area contributed by atoms with Crippen LogP contribution in [0.4, 0.5) is 0 Å². The van der Waals surface area contributed by atoms with E-state index in [9.17, 15) is 13.2 Å². The van der Waals surface area contributed by atoms with Gasteiger partial charge in [-0.25, -0.2) is 8.42 Å². The lowest BCUT2D eigenvalue weighted by molar-refractivity contribution is -0.139. The van der Waals surface area contributed by atoms with Gasteiger partial charge in [0.2, 0.25) is 0 Å². The number of ether oxygens (including phenoxy) is 1. The van der Waals surface area contributed by atoms with E-state index in [0.29, 0.717) is 18.4 Å². The molecule has 1 atom stereocenters. The Morgan fingerprint density at radius 1 is 1.57 bits per heavy atom. The quantitative estimate of drug-likeness (QED) is 0.516. The molecule has 1 saturated heterocycles. The summed E-state index contributed by atoms with van der Waals surface area (Å²) >= 11 is 0. The molecule has 0 aliphatic carbocycles. The minimum absolute atomic E-state index is 0.000394. The molecule has 1 aliphatic heterocycles. The van der Waals surface area contributed by atoms with Crippen molar-refractivity contribution in [2.24, 2.45) is 0 Å². The van der Waals surface area contributed by atoms with E-state index in [2.05, 4.69) is 11.3 Å². The molecule has 0 N–H and O–H groups in total. The molecule has 0 saturated carbocycles. The van der Waals surface area contributed by atoms with Crippen molar-refractivity contribution < 1.29 is 17.9 Å². The largest absolute Gasteiger partial charge is 0.469 e. The summed E-state index contributed by atoms with van der Waals surface area (Å²) in [5, 5.41) is -0.540. The summed E-state index contributed by atoms with van der Waals surface area (Å²) in [6.45, 7) is 3.64. The number of hydrogen-bond acceptors (Lipinski definition) is 4. The first kappa shape index (κ1) is 11.2. The normalized spacial score (nSPS) is 24.5. The van der Waals surface area contributed by atoms with Crippen LogP contribution in [0.5, 0.6) is 0 Å². The summed E-state index contributed by atoms with van der Waals surface area (Å²) in [6, 6.07) is 0. The number of hydrogen-bond donors (Lipinski definition) is 0. The van der Waals surface area contributed by atoms with Crippen molar-refractivity contribution in [1.29, 1.82) is 0 Å². The monoisotopic (exact) mass is 218 g/mol. The van der Waals surface area contributed by atoms with Gasteiger partial charge < -0.3 is 4.74 Å². The van der Waals surface area contributed by atoms with Crippen molar-refractivity contribution in [3.8, 4) is 0 Å². The summed E-state index contributed by atoms with van der Waals surface area (Å²) in [5.41, 5.74) is 0.453. The third-order valence-corrected chi connectivity index (χ3v) is 4.68. The lowest BCUT2D eigenvalue weighted by atomic mass is 10.1. The molecule has 0 radical (unpaired) electrons. The Hall–Kier alpha value is -0.840. The van der Waals surface area contributed by atoms with E-state index < -0.39 is 21.1 Å². The van der Waals surface area contributed by atoms with Crippen LogP contribution in [-0.2, 0) is 19.4 Å². The van der Waals surface area contributed by atoms with Crippen molar-refractivity contribution in [3.05, 3.63) is 12.2 Å². The Bertz CT molecular complexity index is 342. The summed E-state index contributed by atoms with van der Waals surface area (Å²) in [5.74, 6) is -0.227. The molecule has 1 aliphatic rings. The van der Waals surface area contributed by atoms with Gasteiger partial charge in [-0.2, -0.15) is 0 Å². The minimum atomic E-state index is -3.05. The molecule has 1 unspecified atom stereocenters. The third-order valence-electron chi connectivity index (χ3n) is 2.38. The number of sulfone groups is 1. The Morgan fingerprint density at radius 2 is 2.21 bits per heavy atom. The van der Waals surface area contributed by atoms with Crippen molar-refractivity contribution in [3.63, 3.8) is 0 Å². The van der Waals surface area contributed by atoms with Crippen LogP contribution < -0.4 is 0 Å². The molecule has 1 fully saturated rings. The van der Waals surface area contributed by atoms with Gasteiger partial charge in [0.25, 0.3) is 0 Å². The predicted molar refractivity (Wildman–Crippen MR) is 52.6 cm³/mol. The van der Waals surface area contributed by atoms with Gasteiger partial charge in [0, 0.05) is 0 Å². The average molecular weight is 218 g/mol. The molecule has 0 spiro atoms. The Labute approximate surface area is 83.9 Å². The maximum absolute atomic E-state index is 11.5. The molecule has 14 heavy (non-hydrogen) atoms. The van der Waals surface area contributed by atoms with Gasteiger partial charge in [-0.05, 0) is 18.4 Å². The predicted octanol–water partition coefficient (Wildman–Crippen LogP) is 0.683. The molecular weight excluding hydrogens is 204 g/mol. The van der Waals surface area contributed by atoms with Crippen LogP contribution in [0, 0.1) is 0 Å². The standard InChI is InChI=1S/C9H14O4S/c1-7(6-9(10)13-2)8-4-3-5-14(8,11)12/h8H,1,3-6H2,2H3. The number of methoxy groups -OCH3 is 1. The highest BCUT2D eigenvalue weighted by molar-refractivity contribution is 7.92. The fraction of sp³-hybridized carbons (Fsp3) is 0.667. The highest BCUT2D eigenvalue weighted by Crippen LogP contribution is 2.27. The van der Waals surface area contributed by atoms with Crippen molar-refractivity contribution >= 4 is 15.8 Å². The molecule has 4 nitrogen and oxygen atoms in total. The van der Waals surface area contributed by atoms with Crippen LogP contribution >= 0.6 is 0 Å². The average Bonchev–Trinajstić information content (AvgIpc) is 2.45. The van der Waals surface area contributed by atoms with Gasteiger partial charge in [-0.1, -0.05) is 6.58 Å². The van der Waals surface area contributed by atoms with Gasteiger partial charge in [-0.15, -0.1) is 0 Å². The first-order valence-corrected chi connectivity index (χ1v) is 6.15. The molecule has 0 aromatic heterocycles. The van der Waals surface area contributed by atoms with Gasteiger partial charge in [-0.3, -0.25) is 4.79 Å². The topological polar surface area (TPSA) is 60.4 Å². The van der Waals surface area contributed by atoms with Gasteiger partial charge >= 0.3 is 5.97 Å². The van der Waals surface area contributed by atoms with Crippen LogP contribution in [0.2, 0.25) is 0 Å². The second-order valence-corrected chi connectivity index (χ2v) is 5.71. The first-order chi connectivity index (χ1) is 6.47. The van der Waals surface area contributed by atoms with Gasteiger partial charge in [0.15, 0.2) is 9.84 Å². The second-order valence-electron chi connectivity index (χ2n) is 3.41. The first-order valence-electron chi connectivity index (χ1n) is 4.43. The van der Waals surface area contributed by atoms with E-state index in [0.717, 1.165) is 0 Å². The van der Waals surface area contributed by atoms with E-state index >= 15 is 0 Å². The summed E-state index contributed by atoms with van der Waals surface area (Å²) in [4.78, 5) is 10.9. The molecular formula is C9H14O4S. The Kier molecular flexibility index (Phi) is 3.31. The van der Waals surface area contributed by atoms with Crippen LogP contribution in [-0.4, -0.2) is 32.5 Å². The maximum Gasteiger partial charge on any atom is 0.309 e. The summed E-state index contributed by atoms with van der Waals surface area (Å²) in [6.07, 6.45) is 1.24. The van der Waals surface area contributed by atoms with Gasteiger partial charge in [0.1, 0.15) is 0 Å². The second kappa shape index (κ2) is 4.13. The fourth-order valence-electron chi connectivity index (χ4n) is 1.62. The molecule has 1 rings (SSSR count). The highest BCUT2D eigenvalue weighted by atomic mass is 32.2. The third kappa shape index (κ3) is 2.35. The van der Waals surface area contributed by atoms with Crippen LogP contribution in [0.25, 0.3) is 0 Å². The Morgan fingerprint density at radius 3 is 2.64 bits per heavy atom. The number of carbonyl (C=O) groups excluding carboxylic acids is 1. The molecule has 1 heterocycles. The maximum atomic E-state index is 11.5. The smallest absolute Gasteiger partial charge is 0.309 e. The molecule has 5 heteroatoms. The van der Waals surface area contributed by atoms with Crippen molar-refractivity contribution in [1.82, 2.24) is 0 Å². The minimum Gasteiger partial charge on any atom is -0.469 e. The molecule has 0 amide bonds. The van der Waals surface area contributed by atoms with E-state index in [1.807, 2.05) is 0 Å². The summed E-state index contributed by atoms with van der Waals surface area (Å²) in [7, 11) is -1.77. The molecule has 0 aromatic rings. The van der Waals surface area contributed by atoms with E-state index in [4.69, 9.17) is 0 Å². The van der Waals surface area contributed by atoms with Crippen molar-refractivity contribution in [2.75, 3.05) is 12.9 Å². The SMILES string of the molecule is C=C(CC(=O)OC)C1CCCS1(=O)=O. The van der Waals surface area contributed by atoms with Crippen molar-refractivity contribution in [2.45, 2.75) is 24.5 Å². The molecule has 80 valence electrons. The van der Waals surface area contributed by atoms with Crippen LogP contribution in [0.3, 0.4) is 0 Å². The number of rotatable bonds is 3. The Balaban J connectivity index is 2.66.